The fraction of sp³-hybridized carbons (Fsp3) is 0.923. The molecule has 0 aliphatic heterocycles. The van der Waals surface area contributed by atoms with Gasteiger partial charge in [-0.25, -0.2) is 0 Å². The molecule has 0 radical (unpaired) electrons. The van der Waals surface area contributed by atoms with E-state index in [4.69, 9.17) is 5.11 Å². The number of hydrogen-bond acceptors (Lipinski definition) is 1. The Bertz CT molecular complexity index is 191. The van der Waals surface area contributed by atoms with Crippen LogP contribution in [0.25, 0.3) is 0 Å². The number of aliphatic carboxylic acids is 1. The summed E-state index contributed by atoms with van der Waals surface area (Å²) in [7, 11) is 0. The first-order chi connectivity index (χ1) is 6.70. The van der Waals surface area contributed by atoms with Crippen molar-refractivity contribution < 1.29 is 9.90 Å². The molecule has 0 bridgehead atoms. The van der Waals surface area contributed by atoms with Crippen LogP contribution in [0, 0.1) is 17.3 Å². The Morgan fingerprint density at radius 3 is 2.00 bits per heavy atom. The minimum atomic E-state index is -0.675. The van der Waals surface area contributed by atoms with E-state index in [0.29, 0.717) is 23.7 Å². The maximum absolute atomic E-state index is 10.5. The maximum Gasteiger partial charge on any atom is 0.303 e. The SMILES string of the molecule is CC(CCC(C)CC(C)(C)C)CC(=O)O. The molecule has 15 heavy (non-hydrogen) atoms. The molecule has 0 aliphatic rings. The standard InChI is InChI=1S/C13H26O2/c1-10(8-12(14)15)6-7-11(2)9-13(3,4)5/h10-11H,6-9H2,1-5H3,(H,14,15). The molecule has 2 atom stereocenters. The van der Waals surface area contributed by atoms with E-state index in [-0.39, 0.29) is 0 Å². The molecule has 0 rings (SSSR count). The molecule has 2 heteroatoms. The van der Waals surface area contributed by atoms with Crippen LogP contribution in [0.2, 0.25) is 0 Å². The molecule has 0 saturated carbocycles. The van der Waals surface area contributed by atoms with Gasteiger partial charge in [0.05, 0.1) is 0 Å². The van der Waals surface area contributed by atoms with Crippen molar-refractivity contribution >= 4 is 5.97 Å². The average molecular weight is 214 g/mol. The average Bonchev–Trinajstić information content (AvgIpc) is 1.96. The first-order valence-corrected chi connectivity index (χ1v) is 5.92. The largest absolute Gasteiger partial charge is 0.481 e. The number of rotatable bonds is 6. The van der Waals surface area contributed by atoms with Crippen molar-refractivity contribution in [2.24, 2.45) is 17.3 Å². The van der Waals surface area contributed by atoms with E-state index in [1.54, 1.807) is 0 Å². The predicted octanol–water partition coefficient (Wildman–Crippen LogP) is 3.95. The highest BCUT2D eigenvalue weighted by Gasteiger charge is 2.16. The van der Waals surface area contributed by atoms with Crippen LogP contribution < -0.4 is 0 Å². The molecule has 1 N–H and O–H groups in total. The Kier molecular flexibility index (Phi) is 5.92. The topological polar surface area (TPSA) is 37.3 Å². The number of carboxylic acids is 1. The van der Waals surface area contributed by atoms with Crippen molar-refractivity contribution in [2.45, 2.75) is 60.3 Å². The third kappa shape index (κ3) is 9.77. The lowest BCUT2D eigenvalue weighted by molar-refractivity contribution is -0.138. The van der Waals surface area contributed by atoms with Crippen molar-refractivity contribution in [3.05, 3.63) is 0 Å². The summed E-state index contributed by atoms with van der Waals surface area (Å²) in [5, 5.41) is 8.64. The second-order valence-electron chi connectivity index (χ2n) is 6.15. The summed E-state index contributed by atoms with van der Waals surface area (Å²) in [5.41, 5.74) is 0.384. The van der Waals surface area contributed by atoms with Crippen molar-refractivity contribution in [3.63, 3.8) is 0 Å². The summed E-state index contributed by atoms with van der Waals surface area (Å²) in [6.45, 7) is 11.1. The normalized spacial score (nSPS) is 16.1. The maximum atomic E-state index is 10.5. The van der Waals surface area contributed by atoms with Gasteiger partial charge in [-0.05, 0) is 30.1 Å². The summed E-state index contributed by atoms with van der Waals surface area (Å²) in [6.07, 6.45) is 3.70. The number of hydrogen-bond donors (Lipinski definition) is 1. The third-order valence-corrected chi connectivity index (χ3v) is 2.64. The van der Waals surface area contributed by atoms with E-state index >= 15 is 0 Å². The Balaban J connectivity index is 3.71. The lowest BCUT2D eigenvalue weighted by atomic mass is 9.82. The van der Waals surface area contributed by atoms with E-state index in [9.17, 15) is 4.79 Å². The predicted molar refractivity (Wildman–Crippen MR) is 63.9 cm³/mol. The number of carbonyl (C=O) groups is 1. The summed E-state index contributed by atoms with van der Waals surface area (Å²) in [5.74, 6) is 0.331. The van der Waals surface area contributed by atoms with Gasteiger partial charge in [-0.2, -0.15) is 0 Å². The highest BCUT2D eigenvalue weighted by Crippen LogP contribution is 2.28. The highest BCUT2D eigenvalue weighted by atomic mass is 16.4. The van der Waals surface area contributed by atoms with Gasteiger partial charge in [0, 0.05) is 6.42 Å². The van der Waals surface area contributed by atoms with E-state index < -0.39 is 5.97 Å². The fourth-order valence-electron chi connectivity index (χ4n) is 2.12. The summed E-state index contributed by atoms with van der Waals surface area (Å²) in [4.78, 5) is 10.5. The van der Waals surface area contributed by atoms with Crippen LogP contribution in [0.4, 0.5) is 0 Å². The lowest BCUT2D eigenvalue weighted by Crippen LogP contribution is -2.12. The Morgan fingerprint density at radius 2 is 1.60 bits per heavy atom. The van der Waals surface area contributed by atoms with E-state index in [1.807, 2.05) is 6.92 Å². The lowest BCUT2D eigenvalue weighted by Gasteiger charge is -2.23. The zero-order valence-corrected chi connectivity index (χ0v) is 10.8. The first kappa shape index (κ1) is 14.5. The zero-order valence-electron chi connectivity index (χ0n) is 10.8. The molecule has 0 fully saturated rings. The molecule has 2 unspecified atom stereocenters. The van der Waals surface area contributed by atoms with Crippen LogP contribution >= 0.6 is 0 Å². The minimum Gasteiger partial charge on any atom is -0.481 e. The number of carboxylic acid groups (broad SMARTS) is 1. The van der Waals surface area contributed by atoms with Crippen LogP contribution in [0.15, 0.2) is 0 Å². The van der Waals surface area contributed by atoms with Crippen LogP contribution in [0.5, 0.6) is 0 Å². The van der Waals surface area contributed by atoms with Crippen LogP contribution in [0.3, 0.4) is 0 Å². The molecule has 0 spiro atoms. The van der Waals surface area contributed by atoms with Crippen molar-refractivity contribution in [1.82, 2.24) is 0 Å². The molecule has 90 valence electrons. The summed E-state index contributed by atoms with van der Waals surface area (Å²) in [6, 6.07) is 0. The first-order valence-electron chi connectivity index (χ1n) is 5.92. The molecular weight excluding hydrogens is 188 g/mol. The molecule has 2 nitrogen and oxygen atoms in total. The van der Waals surface area contributed by atoms with Gasteiger partial charge < -0.3 is 5.11 Å². The highest BCUT2D eigenvalue weighted by molar-refractivity contribution is 5.66. The minimum absolute atomic E-state index is 0.308. The Morgan fingerprint density at radius 1 is 1.13 bits per heavy atom. The van der Waals surface area contributed by atoms with Crippen LogP contribution in [-0.2, 0) is 4.79 Å². The quantitative estimate of drug-likeness (QED) is 0.727. The van der Waals surface area contributed by atoms with E-state index in [0.717, 1.165) is 12.8 Å². The third-order valence-electron chi connectivity index (χ3n) is 2.64. The van der Waals surface area contributed by atoms with Gasteiger partial charge in [0.2, 0.25) is 0 Å². The van der Waals surface area contributed by atoms with Crippen LogP contribution in [0.1, 0.15) is 60.3 Å². The van der Waals surface area contributed by atoms with Gasteiger partial charge in [-0.3, -0.25) is 4.79 Å². The fourth-order valence-corrected chi connectivity index (χ4v) is 2.12. The van der Waals surface area contributed by atoms with Gasteiger partial charge in [0.15, 0.2) is 0 Å². The molecular formula is C13H26O2. The molecule has 0 heterocycles. The monoisotopic (exact) mass is 214 g/mol. The van der Waals surface area contributed by atoms with Gasteiger partial charge >= 0.3 is 5.97 Å². The van der Waals surface area contributed by atoms with Crippen LogP contribution in [-0.4, -0.2) is 11.1 Å². The Labute approximate surface area is 94.1 Å². The van der Waals surface area contributed by atoms with Crippen molar-refractivity contribution in [1.29, 1.82) is 0 Å². The van der Waals surface area contributed by atoms with E-state index in [1.165, 1.54) is 6.42 Å². The smallest absolute Gasteiger partial charge is 0.303 e. The van der Waals surface area contributed by atoms with Gasteiger partial charge in [0.1, 0.15) is 0 Å². The van der Waals surface area contributed by atoms with Gasteiger partial charge in [0.25, 0.3) is 0 Å². The van der Waals surface area contributed by atoms with Gasteiger partial charge in [-0.15, -0.1) is 0 Å². The molecule has 0 aromatic rings. The summed E-state index contributed by atoms with van der Waals surface area (Å²) >= 11 is 0. The van der Waals surface area contributed by atoms with Crippen molar-refractivity contribution in [2.75, 3.05) is 0 Å². The second-order valence-corrected chi connectivity index (χ2v) is 6.15. The zero-order chi connectivity index (χ0) is 12.1. The Hall–Kier alpha value is -0.530. The second kappa shape index (κ2) is 6.14. The van der Waals surface area contributed by atoms with Crippen molar-refractivity contribution in [3.8, 4) is 0 Å². The van der Waals surface area contributed by atoms with E-state index in [2.05, 4.69) is 27.7 Å². The molecule has 0 amide bonds. The summed E-state index contributed by atoms with van der Waals surface area (Å²) < 4.78 is 0. The van der Waals surface area contributed by atoms with Gasteiger partial charge in [-0.1, -0.05) is 41.0 Å². The molecule has 0 aliphatic carbocycles. The molecule has 0 aromatic heterocycles. The molecule has 0 aromatic carbocycles. The molecule has 0 saturated heterocycles.